The SMILES string of the molecule is CCC(=O)Nc1cccc(-n2nncc2C(C)C)c1. The summed E-state index contributed by atoms with van der Waals surface area (Å²) in [5.41, 5.74) is 2.71. The minimum Gasteiger partial charge on any atom is -0.326 e. The molecule has 0 unspecified atom stereocenters. The molecule has 0 spiro atoms. The van der Waals surface area contributed by atoms with Gasteiger partial charge in [-0.05, 0) is 24.1 Å². The first-order chi connectivity index (χ1) is 9.11. The maximum Gasteiger partial charge on any atom is 0.224 e. The van der Waals surface area contributed by atoms with Crippen molar-refractivity contribution in [1.29, 1.82) is 0 Å². The van der Waals surface area contributed by atoms with Crippen LogP contribution in [0.4, 0.5) is 5.69 Å². The predicted molar refractivity (Wildman–Crippen MR) is 74.4 cm³/mol. The largest absolute Gasteiger partial charge is 0.326 e. The van der Waals surface area contributed by atoms with E-state index in [9.17, 15) is 4.79 Å². The van der Waals surface area contributed by atoms with Crippen LogP contribution in [0, 0.1) is 0 Å². The number of benzene rings is 1. The normalized spacial score (nSPS) is 10.7. The Balaban J connectivity index is 2.32. The topological polar surface area (TPSA) is 59.8 Å². The van der Waals surface area contributed by atoms with Gasteiger partial charge in [-0.15, -0.1) is 5.10 Å². The monoisotopic (exact) mass is 258 g/mol. The summed E-state index contributed by atoms with van der Waals surface area (Å²) in [4.78, 5) is 11.4. The summed E-state index contributed by atoms with van der Waals surface area (Å²) in [5.74, 6) is 0.337. The molecule has 0 bridgehead atoms. The lowest BCUT2D eigenvalue weighted by Crippen LogP contribution is -2.10. The second kappa shape index (κ2) is 5.65. The number of anilines is 1. The lowest BCUT2D eigenvalue weighted by molar-refractivity contribution is -0.115. The van der Waals surface area contributed by atoms with Crippen molar-refractivity contribution < 1.29 is 4.79 Å². The van der Waals surface area contributed by atoms with Crippen molar-refractivity contribution in [3.63, 3.8) is 0 Å². The number of hydrogen-bond donors (Lipinski definition) is 1. The van der Waals surface area contributed by atoms with E-state index in [1.165, 1.54) is 0 Å². The first kappa shape index (κ1) is 13.3. The van der Waals surface area contributed by atoms with Gasteiger partial charge in [0.2, 0.25) is 5.91 Å². The van der Waals surface area contributed by atoms with Crippen LogP contribution in [0.1, 0.15) is 38.8 Å². The van der Waals surface area contributed by atoms with Crippen LogP contribution in [-0.2, 0) is 4.79 Å². The maximum absolute atomic E-state index is 11.4. The molecule has 1 aromatic carbocycles. The Bertz CT molecular complexity index is 574. The van der Waals surface area contributed by atoms with Gasteiger partial charge in [-0.2, -0.15) is 0 Å². The van der Waals surface area contributed by atoms with Gasteiger partial charge >= 0.3 is 0 Å². The van der Waals surface area contributed by atoms with Crippen LogP contribution in [0.3, 0.4) is 0 Å². The van der Waals surface area contributed by atoms with Crippen LogP contribution in [-0.4, -0.2) is 20.9 Å². The molecule has 0 saturated heterocycles. The zero-order chi connectivity index (χ0) is 13.8. The molecular formula is C14H18N4O. The van der Waals surface area contributed by atoms with Crippen LogP contribution < -0.4 is 5.32 Å². The number of carbonyl (C=O) groups excluding carboxylic acids is 1. The molecule has 0 fully saturated rings. The van der Waals surface area contributed by atoms with Crippen LogP contribution in [0.5, 0.6) is 0 Å². The van der Waals surface area contributed by atoms with Gasteiger partial charge in [0.1, 0.15) is 0 Å². The summed E-state index contributed by atoms with van der Waals surface area (Å²) >= 11 is 0. The highest BCUT2D eigenvalue weighted by atomic mass is 16.1. The first-order valence-electron chi connectivity index (χ1n) is 6.42. The lowest BCUT2D eigenvalue weighted by Gasteiger charge is -2.10. The van der Waals surface area contributed by atoms with Crippen molar-refractivity contribution in [2.75, 3.05) is 5.32 Å². The van der Waals surface area contributed by atoms with Gasteiger partial charge in [0.15, 0.2) is 0 Å². The summed E-state index contributed by atoms with van der Waals surface area (Å²) in [5, 5.41) is 10.9. The molecule has 0 radical (unpaired) electrons. The Labute approximate surface area is 112 Å². The van der Waals surface area contributed by atoms with Gasteiger partial charge in [0.25, 0.3) is 0 Å². The quantitative estimate of drug-likeness (QED) is 0.917. The van der Waals surface area contributed by atoms with Crippen molar-refractivity contribution in [2.24, 2.45) is 0 Å². The van der Waals surface area contributed by atoms with Crippen LogP contribution >= 0.6 is 0 Å². The molecule has 2 aromatic rings. The molecule has 1 amide bonds. The summed E-state index contributed by atoms with van der Waals surface area (Å²) in [6.45, 7) is 6.02. The molecule has 100 valence electrons. The number of hydrogen-bond acceptors (Lipinski definition) is 3. The summed E-state index contributed by atoms with van der Waals surface area (Å²) < 4.78 is 1.80. The maximum atomic E-state index is 11.4. The van der Waals surface area contributed by atoms with Gasteiger partial charge in [0.05, 0.1) is 17.6 Å². The van der Waals surface area contributed by atoms with Crippen LogP contribution in [0.25, 0.3) is 5.69 Å². The standard InChI is InChI=1S/C14H18N4O/c1-4-14(19)16-11-6-5-7-12(8-11)18-13(10(2)3)9-15-17-18/h5-10H,4H2,1-3H3,(H,16,19). The van der Waals surface area contributed by atoms with E-state index in [0.29, 0.717) is 12.3 Å². The molecule has 1 N–H and O–H groups in total. The molecule has 0 saturated carbocycles. The summed E-state index contributed by atoms with van der Waals surface area (Å²) in [7, 11) is 0. The zero-order valence-corrected chi connectivity index (χ0v) is 11.4. The third kappa shape index (κ3) is 2.99. The van der Waals surface area contributed by atoms with Crippen LogP contribution in [0.15, 0.2) is 30.5 Å². The Morgan fingerprint density at radius 2 is 2.21 bits per heavy atom. The number of aromatic nitrogens is 3. The minimum absolute atomic E-state index is 0.000164. The average molecular weight is 258 g/mol. The first-order valence-corrected chi connectivity index (χ1v) is 6.42. The number of rotatable bonds is 4. The van der Waals surface area contributed by atoms with E-state index in [2.05, 4.69) is 29.5 Å². The number of carbonyl (C=O) groups is 1. The smallest absolute Gasteiger partial charge is 0.224 e. The third-order valence-corrected chi connectivity index (χ3v) is 2.86. The Kier molecular flexibility index (Phi) is 3.94. The molecule has 5 nitrogen and oxygen atoms in total. The van der Waals surface area contributed by atoms with E-state index in [1.54, 1.807) is 10.9 Å². The van der Waals surface area contributed by atoms with E-state index in [0.717, 1.165) is 17.1 Å². The molecule has 0 atom stereocenters. The van der Waals surface area contributed by atoms with Gasteiger partial charge in [-0.3, -0.25) is 4.79 Å². The van der Waals surface area contributed by atoms with E-state index < -0.39 is 0 Å². The van der Waals surface area contributed by atoms with Gasteiger partial charge in [-0.25, -0.2) is 4.68 Å². The second-order valence-corrected chi connectivity index (χ2v) is 4.68. The Morgan fingerprint density at radius 3 is 2.89 bits per heavy atom. The summed E-state index contributed by atoms with van der Waals surface area (Å²) in [6.07, 6.45) is 2.23. The van der Waals surface area contributed by atoms with Crippen molar-refractivity contribution in [3.05, 3.63) is 36.2 Å². The third-order valence-electron chi connectivity index (χ3n) is 2.86. The Morgan fingerprint density at radius 1 is 1.42 bits per heavy atom. The number of amides is 1. The van der Waals surface area contributed by atoms with Crippen LogP contribution in [0.2, 0.25) is 0 Å². The highest BCUT2D eigenvalue weighted by Crippen LogP contribution is 2.19. The molecule has 5 heteroatoms. The minimum atomic E-state index is -0.000164. The van der Waals surface area contributed by atoms with E-state index >= 15 is 0 Å². The van der Waals surface area contributed by atoms with Gasteiger partial charge < -0.3 is 5.32 Å². The molecule has 1 aromatic heterocycles. The highest BCUT2D eigenvalue weighted by Gasteiger charge is 2.10. The van der Waals surface area contributed by atoms with Crippen molar-refractivity contribution in [1.82, 2.24) is 15.0 Å². The van der Waals surface area contributed by atoms with Gasteiger partial charge in [0, 0.05) is 12.1 Å². The fourth-order valence-corrected chi connectivity index (χ4v) is 1.80. The fraction of sp³-hybridized carbons (Fsp3) is 0.357. The van der Waals surface area contributed by atoms with Gasteiger partial charge in [-0.1, -0.05) is 32.1 Å². The molecule has 19 heavy (non-hydrogen) atoms. The molecule has 2 rings (SSSR count). The molecule has 1 heterocycles. The highest BCUT2D eigenvalue weighted by molar-refractivity contribution is 5.90. The zero-order valence-electron chi connectivity index (χ0n) is 11.4. The number of nitrogens with one attached hydrogen (secondary N) is 1. The predicted octanol–water partition coefficient (Wildman–Crippen LogP) is 2.74. The van der Waals surface area contributed by atoms with E-state index in [4.69, 9.17) is 0 Å². The fourth-order valence-electron chi connectivity index (χ4n) is 1.80. The second-order valence-electron chi connectivity index (χ2n) is 4.68. The number of nitrogens with zero attached hydrogens (tertiary/aromatic N) is 3. The molecule has 0 aliphatic carbocycles. The molecule has 0 aliphatic rings. The summed E-state index contributed by atoms with van der Waals surface area (Å²) in [6, 6.07) is 7.60. The van der Waals surface area contributed by atoms with Crippen molar-refractivity contribution in [3.8, 4) is 5.69 Å². The van der Waals surface area contributed by atoms with Crippen molar-refractivity contribution >= 4 is 11.6 Å². The lowest BCUT2D eigenvalue weighted by atomic mass is 10.1. The Hall–Kier alpha value is -2.17. The average Bonchev–Trinajstić information content (AvgIpc) is 2.88. The van der Waals surface area contributed by atoms with Crippen molar-refractivity contribution in [2.45, 2.75) is 33.1 Å². The van der Waals surface area contributed by atoms with E-state index in [-0.39, 0.29) is 5.91 Å². The van der Waals surface area contributed by atoms with E-state index in [1.807, 2.05) is 31.2 Å². The molecule has 0 aliphatic heterocycles. The molecular weight excluding hydrogens is 240 g/mol.